The maximum atomic E-state index is 6.06. The Morgan fingerprint density at radius 3 is 2.67 bits per heavy atom. The Labute approximate surface area is 132 Å². The standard InChI is InChI=1S/C15H12Cl2N4/c1-10-18-4-5-21(10)9-13-6-12(8-19-20-13)11-2-3-14(16)15(17)7-11/h2-8H,9H2,1H3. The zero-order valence-electron chi connectivity index (χ0n) is 11.3. The van der Waals surface area contributed by atoms with Crippen LogP contribution in [0.4, 0.5) is 0 Å². The van der Waals surface area contributed by atoms with Crippen LogP contribution < -0.4 is 0 Å². The Kier molecular flexibility index (Phi) is 3.90. The largest absolute Gasteiger partial charge is 0.329 e. The van der Waals surface area contributed by atoms with Crippen molar-refractivity contribution in [2.45, 2.75) is 13.5 Å². The van der Waals surface area contributed by atoms with Gasteiger partial charge in [-0.2, -0.15) is 10.2 Å². The van der Waals surface area contributed by atoms with E-state index in [-0.39, 0.29) is 0 Å². The summed E-state index contributed by atoms with van der Waals surface area (Å²) in [5, 5.41) is 9.29. The topological polar surface area (TPSA) is 43.6 Å². The number of hydrogen-bond donors (Lipinski definition) is 0. The Bertz CT molecular complexity index is 783. The number of nitrogens with zero attached hydrogens (tertiary/aromatic N) is 4. The van der Waals surface area contributed by atoms with Crippen LogP contribution in [-0.4, -0.2) is 19.7 Å². The van der Waals surface area contributed by atoms with Crippen molar-refractivity contribution in [3.8, 4) is 11.1 Å². The first-order valence-corrected chi connectivity index (χ1v) is 7.14. The lowest BCUT2D eigenvalue weighted by atomic mass is 10.1. The first-order valence-electron chi connectivity index (χ1n) is 6.38. The fraction of sp³-hybridized carbons (Fsp3) is 0.133. The lowest BCUT2D eigenvalue weighted by molar-refractivity contribution is 0.727. The molecule has 0 saturated carbocycles. The van der Waals surface area contributed by atoms with E-state index in [0.717, 1.165) is 22.6 Å². The molecule has 0 spiro atoms. The van der Waals surface area contributed by atoms with Crippen LogP contribution in [0.25, 0.3) is 11.1 Å². The molecule has 4 nitrogen and oxygen atoms in total. The summed E-state index contributed by atoms with van der Waals surface area (Å²) in [7, 11) is 0. The van der Waals surface area contributed by atoms with Gasteiger partial charge in [-0.05, 0) is 30.7 Å². The predicted molar refractivity (Wildman–Crippen MR) is 83.6 cm³/mol. The van der Waals surface area contributed by atoms with Crippen molar-refractivity contribution in [1.82, 2.24) is 19.7 Å². The molecule has 3 aromatic rings. The van der Waals surface area contributed by atoms with E-state index in [1.807, 2.05) is 35.9 Å². The van der Waals surface area contributed by atoms with Crippen molar-refractivity contribution >= 4 is 23.2 Å². The van der Waals surface area contributed by atoms with Crippen LogP contribution in [0.1, 0.15) is 11.5 Å². The molecule has 0 bridgehead atoms. The van der Waals surface area contributed by atoms with Crippen molar-refractivity contribution in [2.75, 3.05) is 0 Å². The molecule has 0 aliphatic carbocycles. The zero-order chi connectivity index (χ0) is 14.8. The Morgan fingerprint density at radius 2 is 1.95 bits per heavy atom. The molecule has 21 heavy (non-hydrogen) atoms. The maximum Gasteiger partial charge on any atom is 0.105 e. The molecule has 106 valence electrons. The van der Waals surface area contributed by atoms with Crippen LogP contribution in [-0.2, 0) is 6.54 Å². The average molecular weight is 319 g/mol. The summed E-state index contributed by atoms with van der Waals surface area (Å²) in [6.07, 6.45) is 5.40. The maximum absolute atomic E-state index is 6.06. The van der Waals surface area contributed by atoms with Crippen LogP contribution in [0.15, 0.2) is 42.9 Å². The highest BCUT2D eigenvalue weighted by Crippen LogP contribution is 2.28. The first kappa shape index (κ1) is 14.0. The number of aryl methyl sites for hydroxylation is 1. The SMILES string of the molecule is Cc1nccn1Cc1cc(-c2ccc(Cl)c(Cl)c2)cnn1. The van der Waals surface area contributed by atoms with Gasteiger partial charge in [-0.3, -0.25) is 0 Å². The van der Waals surface area contributed by atoms with Crippen molar-refractivity contribution in [3.05, 3.63) is 64.4 Å². The van der Waals surface area contributed by atoms with E-state index >= 15 is 0 Å². The summed E-state index contributed by atoms with van der Waals surface area (Å²) in [5.41, 5.74) is 2.78. The van der Waals surface area contributed by atoms with Gasteiger partial charge in [-0.15, -0.1) is 0 Å². The minimum atomic E-state index is 0.526. The minimum absolute atomic E-state index is 0.526. The number of imidazole rings is 1. The minimum Gasteiger partial charge on any atom is -0.329 e. The number of halogens is 2. The molecule has 0 fully saturated rings. The van der Waals surface area contributed by atoms with Gasteiger partial charge in [-0.25, -0.2) is 4.98 Å². The molecule has 1 aromatic carbocycles. The Hall–Kier alpha value is -1.91. The summed E-state index contributed by atoms with van der Waals surface area (Å²) in [6.45, 7) is 2.59. The molecule has 0 radical (unpaired) electrons. The lowest BCUT2D eigenvalue weighted by Gasteiger charge is -2.07. The normalized spacial score (nSPS) is 10.8. The van der Waals surface area contributed by atoms with Crippen molar-refractivity contribution < 1.29 is 0 Å². The van der Waals surface area contributed by atoms with Crippen LogP contribution >= 0.6 is 23.2 Å². The molecular weight excluding hydrogens is 307 g/mol. The van der Waals surface area contributed by atoms with E-state index in [0.29, 0.717) is 16.6 Å². The first-order chi connectivity index (χ1) is 10.1. The fourth-order valence-corrected chi connectivity index (χ4v) is 2.37. The quantitative estimate of drug-likeness (QED) is 0.733. The van der Waals surface area contributed by atoms with E-state index in [1.54, 1.807) is 18.5 Å². The molecule has 0 aliphatic heterocycles. The van der Waals surface area contributed by atoms with Gasteiger partial charge >= 0.3 is 0 Å². The van der Waals surface area contributed by atoms with Gasteiger partial charge in [0.2, 0.25) is 0 Å². The molecule has 0 unspecified atom stereocenters. The molecule has 6 heteroatoms. The van der Waals surface area contributed by atoms with Gasteiger partial charge in [-0.1, -0.05) is 29.3 Å². The van der Waals surface area contributed by atoms with Crippen molar-refractivity contribution in [2.24, 2.45) is 0 Å². The zero-order valence-corrected chi connectivity index (χ0v) is 12.8. The highest BCUT2D eigenvalue weighted by molar-refractivity contribution is 6.42. The van der Waals surface area contributed by atoms with Crippen LogP contribution in [0.3, 0.4) is 0 Å². The van der Waals surface area contributed by atoms with Gasteiger partial charge in [0.25, 0.3) is 0 Å². The molecule has 0 amide bonds. The second-order valence-corrected chi connectivity index (χ2v) is 5.48. The lowest BCUT2D eigenvalue weighted by Crippen LogP contribution is -2.04. The molecule has 2 aromatic heterocycles. The smallest absolute Gasteiger partial charge is 0.105 e. The molecule has 3 rings (SSSR count). The van der Waals surface area contributed by atoms with E-state index in [1.165, 1.54) is 0 Å². The Morgan fingerprint density at radius 1 is 1.10 bits per heavy atom. The van der Waals surface area contributed by atoms with Crippen LogP contribution in [0.5, 0.6) is 0 Å². The van der Waals surface area contributed by atoms with Crippen LogP contribution in [0.2, 0.25) is 10.0 Å². The fourth-order valence-electron chi connectivity index (χ4n) is 2.07. The second kappa shape index (κ2) is 5.84. The summed E-state index contributed by atoms with van der Waals surface area (Å²) in [5.74, 6) is 0.941. The number of benzene rings is 1. The van der Waals surface area contributed by atoms with Gasteiger partial charge in [0.1, 0.15) is 5.82 Å². The molecule has 2 heterocycles. The summed E-state index contributed by atoms with van der Waals surface area (Å²) >= 11 is 12.0. The molecule has 0 atom stereocenters. The highest BCUT2D eigenvalue weighted by atomic mass is 35.5. The third-order valence-electron chi connectivity index (χ3n) is 3.21. The van der Waals surface area contributed by atoms with E-state index in [4.69, 9.17) is 23.2 Å². The molecule has 0 saturated heterocycles. The van der Waals surface area contributed by atoms with Gasteiger partial charge in [0.15, 0.2) is 0 Å². The summed E-state index contributed by atoms with van der Waals surface area (Å²) in [4.78, 5) is 4.20. The van der Waals surface area contributed by atoms with E-state index < -0.39 is 0 Å². The monoisotopic (exact) mass is 318 g/mol. The Balaban J connectivity index is 1.92. The third kappa shape index (κ3) is 3.06. The van der Waals surface area contributed by atoms with Gasteiger partial charge in [0, 0.05) is 18.0 Å². The predicted octanol–water partition coefficient (Wildman–Crippen LogP) is 4.00. The van der Waals surface area contributed by atoms with E-state index in [9.17, 15) is 0 Å². The van der Waals surface area contributed by atoms with Crippen molar-refractivity contribution in [3.63, 3.8) is 0 Å². The van der Waals surface area contributed by atoms with Gasteiger partial charge < -0.3 is 4.57 Å². The van der Waals surface area contributed by atoms with Crippen LogP contribution in [0, 0.1) is 6.92 Å². The van der Waals surface area contributed by atoms with Gasteiger partial charge in [0.05, 0.1) is 28.5 Å². The third-order valence-corrected chi connectivity index (χ3v) is 3.95. The number of rotatable bonds is 3. The summed E-state index contributed by atoms with van der Waals surface area (Å²) in [6, 6.07) is 7.51. The molecule has 0 N–H and O–H groups in total. The molecular formula is C15H12Cl2N4. The number of aromatic nitrogens is 4. The average Bonchev–Trinajstić information content (AvgIpc) is 2.88. The second-order valence-electron chi connectivity index (χ2n) is 4.67. The highest BCUT2D eigenvalue weighted by Gasteiger charge is 2.06. The summed E-state index contributed by atoms with van der Waals surface area (Å²) < 4.78 is 2.02. The molecule has 0 aliphatic rings. The van der Waals surface area contributed by atoms with Crippen molar-refractivity contribution in [1.29, 1.82) is 0 Å². The number of hydrogen-bond acceptors (Lipinski definition) is 3. The van der Waals surface area contributed by atoms with E-state index in [2.05, 4.69) is 15.2 Å².